The van der Waals surface area contributed by atoms with Crippen LogP contribution in [0.2, 0.25) is 0 Å². The van der Waals surface area contributed by atoms with Crippen molar-refractivity contribution in [3.63, 3.8) is 0 Å². The summed E-state index contributed by atoms with van der Waals surface area (Å²) in [6.45, 7) is 6.88. The molecule has 0 atom stereocenters. The van der Waals surface area contributed by atoms with E-state index < -0.39 is 0 Å². The highest BCUT2D eigenvalue weighted by molar-refractivity contribution is 9.10. The molecular formula is C23H33BrClNO. The molecule has 2 nitrogen and oxygen atoms in total. The van der Waals surface area contributed by atoms with Crippen LogP contribution in [0.5, 0.6) is 5.75 Å². The van der Waals surface area contributed by atoms with Crippen LogP contribution in [-0.2, 0) is 13.2 Å². The van der Waals surface area contributed by atoms with E-state index in [1.807, 2.05) is 6.07 Å². The van der Waals surface area contributed by atoms with Gasteiger partial charge in [0.05, 0.1) is 0 Å². The van der Waals surface area contributed by atoms with Crippen molar-refractivity contribution in [2.75, 3.05) is 6.54 Å². The zero-order chi connectivity index (χ0) is 18.6. The van der Waals surface area contributed by atoms with Crippen LogP contribution < -0.4 is 10.1 Å². The predicted octanol–water partition coefficient (Wildman–Crippen LogP) is 7.21. The Balaban J connectivity index is 0.00000364. The Labute approximate surface area is 179 Å². The summed E-state index contributed by atoms with van der Waals surface area (Å²) in [4.78, 5) is 0. The molecule has 150 valence electrons. The average Bonchev–Trinajstić information content (AvgIpc) is 2.64. The standard InChI is InChI=1S/C23H32BrNO.ClH/c1-3-4-5-6-7-8-15-25-17-21-16-22(24)13-14-23(21)26-18-20-11-9-19(2)10-12-20;/h9-14,16,25H,3-8,15,17-18H2,1-2H3;1H. The van der Waals surface area contributed by atoms with Gasteiger partial charge in [0.1, 0.15) is 12.4 Å². The van der Waals surface area contributed by atoms with Gasteiger partial charge in [-0.25, -0.2) is 0 Å². The summed E-state index contributed by atoms with van der Waals surface area (Å²) in [6, 6.07) is 14.8. The minimum atomic E-state index is 0. The van der Waals surface area contributed by atoms with E-state index in [9.17, 15) is 0 Å². The first-order valence-electron chi connectivity index (χ1n) is 9.86. The molecule has 0 aliphatic heterocycles. The van der Waals surface area contributed by atoms with Crippen molar-refractivity contribution in [3.05, 3.63) is 63.6 Å². The van der Waals surface area contributed by atoms with Crippen LogP contribution in [0.25, 0.3) is 0 Å². The van der Waals surface area contributed by atoms with Crippen molar-refractivity contribution in [2.24, 2.45) is 0 Å². The fourth-order valence-electron chi connectivity index (χ4n) is 2.93. The van der Waals surface area contributed by atoms with Crippen molar-refractivity contribution in [2.45, 2.75) is 65.5 Å². The third kappa shape index (κ3) is 9.64. The molecule has 0 unspecified atom stereocenters. The lowest BCUT2D eigenvalue weighted by atomic mass is 10.1. The van der Waals surface area contributed by atoms with Crippen LogP contribution in [0.15, 0.2) is 46.9 Å². The second-order valence-electron chi connectivity index (χ2n) is 6.97. The number of aryl methyl sites for hydroxylation is 1. The Morgan fingerprint density at radius 1 is 0.926 bits per heavy atom. The van der Waals surface area contributed by atoms with E-state index in [0.29, 0.717) is 6.61 Å². The molecule has 0 aliphatic rings. The van der Waals surface area contributed by atoms with Gasteiger partial charge < -0.3 is 10.1 Å². The Hall–Kier alpha value is -1.03. The molecule has 0 spiro atoms. The quantitative estimate of drug-likeness (QED) is 0.342. The molecule has 2 aromatic rings. The Morgan fingerprint density at radius 3 is 2.37 bits per heavy atom. The largest absolute Gasteiger partial charge is 0.489 e. The number of nitrogens with one attached hydrogen (secondary N) is 1. The van der Waals surface area contributed by atoms with Gasteiger partial charge in [-0.05, 0) is 43.7 Å². The smallest absolute Gasteiger partial charge is 0.124 e. The Kier molecular flexibility index (Phi) is 12.5. The molecule has 2 rings (SSSR count). The van der Waals surface area contributed by atoms with Gasteiger partial charge in [0.25, 0.3) is 0 Å². The molecular weight excluding hydrogens is 422 g/mol. The first kappa shape index (κ1) is 24.0. The summed E-state index contributed by atoms with van der Waals surface area (Å²) in [6.07, 6.45) is 7.98. The van der Waals surface area contributed by atoms with Crippen molar-refractivity contribution < 1.29 is 4.74 Å². The number of rotatable bonds is 12. The highest BCUT2D eigenvalue weighted by atomic mass is 79.9. The molecule has 27 heavy (non-hydrogen) atoms. The third-order valence-electron chi connectivity index (χ3n) is 4.56. The van der Waals surface area contributed by atoms with Gasteiger partial charge in [0, 0.05) is 16.6 Å². The number of unbranched alkanes of at least 4 members (excludes halogenated alkanes) is 5. The van der Waals surface area contributed by atoms with Gasteiger partial charge in [-0.15, -0.1) is 12.4 Å². The summed E-state index contributed by atoms with van der Waals surface area (Å²) in [5, 5.41) is 3.57. The van der Waals surface area contributed by atoms with Gasteiger partial charge in [-0.1, -0.05) is 84.8 Å². The summed E-state index contributed by atoms with van der Waals surface area (Å²) >= 11 is 3.57. The van der Waals surface area contributed by atoms with Crippen LogP contribution in [-0.4, -0.2) is 6.54 Å². The second kappa shape index (κ2) is 14.0. The highest BCUT2D eigenvalue weighted by Crippen LogP contribution is 2.24. The van der Waals surface area contributed by atoms with E-state index in [1.54, 1.807) is 0 Å². The number of halogens is 2. The van der Waals surface area contributed by atoms with E-state index in [-0.39, 0.29) is 12.4 Å². The van der Waals surface area contributed by atoms with E-state index >= 15 is 0 Å². The van der Waals surface area contributed by atoms with Crippen molar-refractivity contribution in [1.29, 1.82) is 0 Å². The van der Waals surface area contributed by atoms with Gasteiger partial charge in [-0.3, -0.25) is 0 Å². The Morgan fingerprint density at radius 2 is 1.63 bits per heavy atom. The second-order valence-corrected chi connectivity index (χ2v) is 7.89. The monoisotopic (exact) mass is 453 g/mol. The van der Waals surface area contributed by atoms with Crippen molar-refractivity contribution in [3.8, 4) is 5.75 Å². The summed E-state index contributed by atoms with van der Waals surface area (Å²) in [5.74, 6) is 0.962. The molecule has 0 heterocycles. The van der Waals surface area contributed by atoms with Crippen LogP contribution >= 0.6 is 28.3 Å². The normalized spacial score (nSPS) is 10.5. The third-order valence-corrected chi connectivity index (χ3v) is 5.05. The lowest BCUT2D eigenvalue weighted by Crippen LogP contribution is -2.15. The van der Waals surface area contributed by atoms with Gasteiger partial charge >= 0.3 is 0 Å². The molecule has 0 bridgehead atoms. The molecule has 0 amide bonds. The maximum absolute atomic E-state index is 6.08. The van der Waals surface area contributed by atoms with E-state index in [1.165, 1.54) is 55.2 Å². The Bertz CT molecular complexity index is 645. The van der Waals surface area contributed by atoms with Crippen molar-refractivity contribution >= 4 is 28.3 Å². The first-order valence-corrected chi connectivity index (χ1v) is 10.7. The fourth-order valence-corrected chi connectivity index (χ4v) is 3.33. The summed E-state index contributed by atoms with van der Waals surface area (Å²) in [7, 11) is 0. The zero-order valence-electron chi connectivity index (χ0n) is 16.6. The number of hydrogen-bond donors (Lipinski definition) is 1. The maximum atomic E-state index is 6.08. The van der Waals surface area contributed by atoms with Gasteiger partial charge in [0.2, 0.25) is 0 Å². The maximum Gasteiger partial charge on any atom is 0.124 e. The minimum Gasteiger partial charge on any atom is -0.489 e. The van der Waals surface area contributed by atoms with Crippen LogP contribution in [0.1, 0.15) is 62.1 Å². The molecule has 0 fully saturated rings. The molecule has 0 aromatic heterocycles. The lowest BCUT2D eigenvalue weighted by molar-refractivity contribution is 0.302. The van der Waals surface area contributed by atoms with Crippen LogP contribution in [0.4, 0.5) is 0 Å². The molecule has 2 aromatic carbocycles. The summed E-state index contributed by atoms with van der Waals surface area (Å²) < 4.78 is 7.17. The van der Waals surface area contributed by atoms with Crippen LogP contribution in [0, 0.1) is 6.92 Å². The molecule has 4 heteroatoms. The van der Waals surface area contributed by atoms with Crippen LogP contribution in [0.3, 0.4) is 0 Å². The molecule has 0 saturated heterocycles. The molecule has 0 aliphatic carbocycles. The predicted molar refractivity (Wildman–Crippen MR) is 122 cm³/mol. The van der Waals surface area contributed by atoms with E-state index in [4.69, 9.17) is 4.74 Å². The summed E-state index contributed by atoms with van der Waals surface area (Å²) in [5.41, 5.74) is 3.68. The number of hydrogen-bond acceptors (Lipinski definition) is 2. The number of ether oxygens (including phenoxy) is 1. The molecule has 1 N–H and O–H groups in total. The molecule has 0 radical (unpaired) electrons. The zero-order valence-corrected chi connectivity index (χ0v) is 19.0. The van der Waals surface area contributed by atoms with Gasteiger partial charge in [-0.2, -0.15) is 0 Å². The SMILES string of the molecule is CCCCCCCCNCc1cc(Br)ccc1OCc1ccc(C)cc1.Cl. The molecule has 0 saturated carbocycles. The number of benzene rings is 2. The van der Waals surface area contributed by atoms with Gasteiger partial charge in [0.15, 0.2) is 0 Å². The van der Waals surface area contributed by atoms with Crippen molar-refractivity contribution in [1.82, 2.24) is 5.32 Å². The lowest BCUT2D eigenvalue weighted by Gasteiger charge is -2.13. The fraction of sp³-hybridized carbons (Fsp3) is 0.478. The van der Waals surface area contributed by atoms with E-state index in [2.05, 4.69) is 71.5 Å². The highest BCUT2D eigenvalue weighted by Gasteiger charge is 2.05. The minimum absolute atomic E-state index is 0. The average molecular weight is 455 g/mol. The topological polar surface area (TPSA) is 21.3 Å². The first-order chi connectivity index (χ1) is 12.7. The van der Waals surface area contributed by atoms with E-state index in [0.717, 1.165) is 23.3 Å².